The Labute approximate surface area is 107 Å². The maximum atomic E-state index is 11.9. The first-order chi connectivity index (χ1) is 8.00. The predicted molar refractivity (Wildman–Crippen MR) is 71.4 cm³/mol. The number of carbonyl (C=O) groups excluding carboxylic acids is 1. The summed E-state index contributed by atoms with van der Waals surface area (Å²) in [7, 11) is 5.64. The minimum absolute atomic E-state index is 0.0271. The highest BCUT2D eigenvalue weighted by Crippen LogP contribution is 2.19. The molecule has 0 atom stereocenters. The molecule has 1 amide bonds. The predicted octanol–water partition coefficient (Wildman–Crippen LogP) is 0.821. The van der Waals surface area contributed by atoms with Crippen LogP contribution < -0.4 is 0 Å². The highest BCUT2D eigenvalue weighted by molar-refractivity contribution is 7.80. The lowest BCUT2D eigenvalue weighted by molar-refractivity contribution is -0.121. The van der Waals surface area contributed by atoms with Crippen LogP contribution in [0.2, 0.25) is 0 Å². The average Bonchev–Trinajstić information content (AvgIpc) is 2.78. The Kier molecular flexibility index (Phi) is 3.31. The number of likely N-dealkylation sites (tertiary alicyclic amines) is 1. The second kappa shape index (κ2) is 4.58. The molecule has 0 aromatic carbocycles. The molecule has 2 heterocycles. The summed E-state index contributed by atoms with van der Waals surface area (Å²) in [6.07, 6.45) is 5.01. The molecule has 2 saturated heterocycles. The first-order valence-electron chi connectivity index (χ1n) is 5.64. The normalized spacial score (nSPS) is 27.0. The molecule has 0 aromatic rings. The number of rotatable bonds is 1. The fraction of sp³-hybridized carbons (Fsp3) is 0.500. The van der Waals surface area contributed by atoms with Gasteiger partial charge in [-0.3, -0.25) is 9.69 Å². The van der Waals surface area contributed by atoms with Crippen molar-refractivity contribution in [2.45, 2.75) is 6.42 Å². The van der Waals surface area contributed by atoms with Crippen LogP contribution in [0, 0.1) is 0 Å². The van der Waals surface area contributed by atoms with Crippen LogP contribution in [0.3, 0.4) is 0 Å². The summed E-state index contributed by atoms with van der Waals surface area (Å²) in [5.41, 5.74) is 2.02. The zero-order chi connectivity index (χ0) is 12.6. The van der Waals surface area contributed by atoms with Crippen molar-refractivity contribution in [3.63, 3.8) is 0 Å². The van der Waals surface area contributed by atoms with Gasteiger partial charge in [0.25, 0.3) is 5.91 Å². The monoisotopic (exact) mass is 251 g/mol. The third kappa shape index (κ3) is 2.25. The molecule has 17 heavy (non-hydrogen) atoms. The van der Waals surface area contributed by atoms with E-state index in [0.717, 1.165) is 19.5 Å². The maximum absolute atomic E-state index is 11.9. The van der Waals surface area contributed by atoms with Crippen molar-refractivity contribution in [1.29, 1.82) is 0 Å². The first-order valence-corrected chi connectivity index (χ1v) is 6.05. The van der Waals surface area contributed by atoms with E-state index in [0.29, 0.717) is 10.8 Å². The molecule has 0 spiro atoms. The van der Waals surface area contributed by atoms with Crippen molar-refractivity contribution in [3.8, 4) is 0 Å². The van der Waals surface area contributed by atoms with Crippen LogP contribution in [-0.2, 0) is 4.79 Å². The molecular formula is C12H17N3OS. The van der Waals surface area contributed by atoms with Crippen LogP contribution in [0.15, 0.2) is 23.4 Å². The van der Waals surface area contributed by atoms with E-state index in [4.69, 9.17) is 12.2 Å². The van der Waals surface area contributed by atoms with Crippen molar-refractivity contribution in [2.75, 3.05) is 34.2 Å². The molecule has 92 valence electrons. The second-order valence-electron chi connectivity index (χ2n) is 4.57. The SMILES string of the molecule is CN1CCC(=CC=C2C(=O)N(C)C(=S)N2C)C1. The van der Waals surface area contributed by atoms with Crippen molar-refractivity contribution >= 4 is 23.2 Å². The molecule has 5 heteroatoms. The Hall–Kier alpha value is -1.20. The molecule has 0 N–H and O–H groups in total. The zero-order valence-electron chi connectivity index (χ0n) is 10.4. The van der Waals surface area contributed by atoms with Gasteiger partial charge in [-0.1, -0.05) is 11.6 Å². The highest BCUT2D eigenvalue weighted by atomic mass is 32.1. The van der Waals surface area contributed by atoms with Crippen LogP contribution in [0.25, 0.3) is 0 Å². The van der Waals surface area contributed by atoms with Crippen LogP contribution in [-0.4, -0.2) is 60.0 Å². The molecule has 2 fully saturated rings. The molecule has 2 aliphatic rings. The molecule has 2 aliphatic heterocycles. The number of carbonyl (C=O) groups is 1. The van der Waals surface area contributed by atoms with Crippen molar-refractivity contribution in [2.24, 2.45) is 0 Å². The van der Waals surface area contributed by atoms with E-state index in [-0.39, 0.29) is 5.91 Å². The van der Waals surface area contributed by atoms with E-state index in [1.807, 2.05) is 13.1 Å². The lowest BCUT2D eigenvalue weighted by Crippen LogP contribution is -2.26. The van der Waals surface area contributed by atoms with E-state index in [9.17, 15) is 4.79 Å². The van der Waals surface area contributed by atoms with Gasteiger partial charge < -0.3 is 9.80 Å². The largest absolute Gasteiger partial charge is 0.317 e. The van der Waals surface area contributed by atoms with Gasteiger partial charge in [-0.05, 0) is 31.8 Å². The van der Waals surface area contributed by atoms with E-state index in [2.05, 4.69) is 18.0 Å². The number of amides is 1. The number of allylic oxidation sites excluding steroid dienone is 2. The summed E-state index contributed by atoms with van der Waals surface area (Å²) in [6, 6.07) is 0. The van der Waals surface area contributed by atoms with E-state index >= 15 is 0 Å². The smallest absolute Gasteiger partial charge is 0.276 e. The molecule has 4 nitrogen and oxygen atoms in total. The summed E-state index contributed by atoms with van der Waals surface area (Å²) in [5, 5.41) is 0.559. The fourth-order valence-electron chi connectivity index (χ4n) is 2.09. The zero-order valence-corrected chi connectivity index (χ0v) is 11.3. The minimum atomic E-state index is -0.0271. The third-order valence-electron chi connectivity index (χ3n) is 3.22. The van der Waals surface area contributed by atoms with Gasteiger partial charge in [-0.2, -0.15) is 0 Å². The summed E-state index contributed by atoms with van der Waals surface area (Å²) in [5.74, 6) is -0.0271. The number of hydrogen-bond donors (Lipinski definition) is 0. The van der Waals surface area contributed by atoms with Gasteiger partial charge in [0.1, 0.15) is 5.70 Å². The number of hydrogen-bond acceptors (Lipinski definition) is 3. The first kappa shape index (κ1) is 12.3. The maximum Gasteiger partial charge on any atom is 0.276 e. The van der Waals surface area contributed by atoms with E-state index < -0.39 is 0 Å². The molecule has 0 aromatic heterocycles. The molecule has 0 unspecified atom stereocenters. The summed E-state index contributed by atoms with van der Waals surface area (Å²) >= 11 is 5.15. The molecule has 0 saturated carbocycles. The number of thiocarbonyl (C=S) groups is 1. The van der Waals surface area contributed by atoms with Crippen molar-refractivity contribution < 1.29 is 4.79 Å². The molecule has 0 aliphatic carbocycles. The van der Waals surface area contributed by atoms with Crippen LogP contribution in [0.1, 0.15) is 6.42 Å². The Morgan fingerprint density at radius 3 is 2.35 bits per heavy atom. The van der Waals surface area contributed by atoms with Gasteiger partial charge in [-0.25, -0.2) is 0 Å². The van der Waals surface area contributed by atoms with Gasteiger partial charge >= 0.3 is 0 Å². The van der Waals surface area contributed by atoms with Crippen LogP contribution in [0.4, 0.5) is 0 Å². The Balaban J connectivity index is 2.17. The Morgan fingerprint density at radius 2 is 1.88 bits per heavy atom. The van der Waals surface area contributed by atoms with Crippen LogP contribution in [0.5, 0.6) is 0 Å². The highest BCUT2D eigenvalue weighted by Gasteiger charge is 2.32. The van der Waals surface area contributed by atoms with Gasteiger partial charge in [-0.15, -0.1) is 0 Å². The third-order valence-corrected chi connectivity index (χ3v) is 3.77. The summed E-state index contributed by atoms with van der Waals surface area (Å²) < 4.78 is 0. The minimum Gasteiger partial charge on any atom is -0.317 e. The quantitative estimate of drug-likeness (QED) is 0.509. The lowest BCUT2D eigenvalue weighted by atomic mass is 10.2. The van der Waals surface area contributed by atoms with Crippen molar-refractivity contribution in [1.82, 2.24) is 14.7 Å². The fourth-order valence-corrected chi connectivity index (χ4v) is 2.27. The molecule has 2 rings (SSSR count). The summed E-state index contributed by atoms with van der Waals surface area (Å²) in [4.78, 5) is 17.4. The molecule has 0 radical (unpaired) electrons. The van der Waals surface area contributed by atoms with Crippen LogP contribution >= 0.6 is 12.2 Å². The lowest BCUT2D eigenvalue weighted by Gasteiger charge is -2.10. The topological polar surface area (TPSA) is 26.8 Å². The van der Waals surface area contributed by atoms with Gasteiger partial charge in [0.05, 0.1) is 0 Å². The van der Waals surface area contributed by atoms with E-state index in [1.54, 1.807) is 11.9 Å². The summed E-state index contributed by atoms with van der Waals surface area (Å²) in [6.45, 7) is 2.08. The van der Waals surface area contributed by atoms with Gasteiger partial charge in [0, 0.05) is 27.2 Å². The molecule has 0 bridgehead atoms. The Bertz CT molecular complexity index is 427. The Morgan fingerprint density at radius 1 is 1.18 bits per heavy atom. The number of likely N-dealkylation sites (N-methyl/N-ethyl adjacent to an activating group) is 3. The molecular weight excluding hydrogens is 234 g/mol. The van der Waals surface area contributed by atoms with Crippen molar-refractivity contribution in [3.05, 3.63) is 23.4 Å². The van der Waals surface area contributed by atoms with E-state index in [1.165, 1.54) is 10.5 Å². The average molecular weight is 251 g/mol. The van der Waals surface area contributed by atoms with Gasteiger partial charge in [0.15, 0.2) is 5.11 Å². The standard InChI is InChI=1S/C12H17N3OS/c1-13-7-6-9(8-13)4-5-10-11(16)15(3)12(17)14(10)2/h4-5H,6-8H2,1-3H3. The van der Waals surface area contributed by atoms with Gasteiger partial charge in [0.2, 0.25) is 0 Å². The number of nitrogens with zero attached hydrogens (tertiary/aromatic N) is 3. The second-order valence-corrected chi connectivity index (χ2v) is 4.94.